The highest BCUT2D eigenvalue weighted by Crippen LogP contribution is 2.24. The number of ether oxygens (including phenoxy) is 1. The standard InChI is InChI=1S/C20H18N6O5S.C2H6/c1-31-17-6-4-14-19-15(9-22-20(14)24-17)23-11-26(19)10-12-2-3-13(8-21-12)32(30)25-16(27)5-7-18(28)29;1-2/h2-4,6,8-9,11H,5,7,10H2,1H3,(H,25,27)(H,28,29);1-2H3. The first-order valence-corrected chi connectivity index (χ1v) is 11.6. The molecule has 178 valence electrons. The van der Waals surface area contributed by atoms with Crippen molar-refractivity contribution < 1.29 is 23.6 Å². The fourth-order valence-electron chi connectivity index (χ4n) is 3.08. The van der Waals surface area contributed by atoms with E-state index in [1.165, 1.54) is 6.20 Å². The Morgan fingerprint density at radius 2 is 1.88 bits per heavy atom. The summed E-state index contributed by atoms with van der Waals surface area (Å²) in [5.41, 5.74) is 2.79. The average molecular weight is 485 g/mol. The van der Waals surface area contributed by atoms with Crippen LogP contribution in [-0.4, -0.2) is 52.8 Å². The molecule has 12 heteroatoms. The number of carbonyl (C=O) groups excluding carboxylic acids is 1. The Hall–Kier alpha value is -3.93. The number of nitrogens with one attached hydrogen (secondary N) is 1. The van der Waals surface area contributed by atoms with Crippen molar-refractivity contribution in [1.29, 1.82) is 0 Å². The fourth-order valence-corrected chi connectivity index (χ4v) is 3.84. The van der Waals surface area contributed by atoms with Gasteiger partial charge in [-0.1, -0.05) is 13.8 Å². The fraction of sp³-hybridized carbons (Fsp3) is 0.273. The number of aromatic nitrogens is 5. The maximum atomic E-state index is 12.3. The zero-order valence-corrected chi connectivity index (χ0v) is 19.7. The zero-order valence-electron chi connectivity index (χ0n) is 18.9. The molecule has 1 atom stereocenters. The van der Waals surface area contributed by atoms with E-state index in [-0.39, 0.29) is 12.8 Å². The molecule has 1 amide bonds. The van der Waals surface area contributed by atoms with Gasteiger partial charge in [0, 0.05) is 24.1 Å². The van der Waals surface area contributed by atoms with Crippen LogP contribution in [0.5, 0.6) is 5.88 Å². The van der Waals surface area contributed by atoms with Crippen molar-refractivity contribution >= 4 is 44.9 Å². The zero-order chi connectivity index (χ0) is 24.7. The van der Waals surface area contributed by atoms with Crippen LogP contribution < -0.4 is 9.46 Å². The van der Waals surface area contributed by atoms with Crippen LogP contribution in [0.15, 0.2) is 47.9 Å². The highest BCUT2D eigenvalue weighted by Gasteiger charge is 2.13. The molecule has 0 bridgehead atoms. The van der Waals surface area contributed by atoms with Gasteiger partial charge >= 0.3 is 5.97 Å². The second-order valence-electron chi connectivity index (χ2n) is 6.76. The number of fused-ring (bicyclic) bond motifs is 3. The molecular weight excluding hydrogens is 460 g/mol. The number of hydrogen-bond donors (Lipinski definition) is 2. The second-order valence-corrected chi connectivity index (χ2v) is 7.98. The molecule has 0 aliphatic heterocycles. The van der Waals surface area contributed by atoms with Gasteiger partial charge in [0.2, 0.25) is 11.8 Å². The molecule has 34 heavy (non-hydrogen) atoms. The van der Waals surface area contributed by atoms with Crippen molar-refractivity contribution in [2.24, 2.45) is 0 Å². The van der Waals surface area contributed by atoms with Crippen LogP contribution in [0.2, 0.25) is 0 Å². The lowest BCUT2D eigenvalue weighted by atomic mass is 10.2. The molecule has 4 aromatic heterocycles. The summed E-state index contributed by atoms with van der Waals surface area (Å²) in [6.45, 7) is 4.40. The Morgan fingerprint density at radius 3 is 2.56 bits per heavy atom. The highest BCUT2D eigenvalue weighted by atomic mass is 32.2. The third-order valence-electron chi connectivity index (χ3n) is 4.61. The van der Waals surface area contributed by atoms with E-state index in [2.05, 4.69) is 24.7 Å². The molecule has 0 aliphatic rings. The molecule has 1 unspecified atom stereocenters. The van der Waals surface area contributed by atoms with E-state index in [1.54, 1.807) is 37.8 Å². The van der Waals surface area contributed by atoms with Gasteiger partial charge in [0.15, 0.2) is 16.6 Å². The lowest BCUT2D eigenvalue weighted by Gasteiger charge is -2.08. The summed E-state index contributed by atoms with van der Waals surface area (Å²) < 4.78 is 21.6. The van der Waals surface area contributed by atoms with Crippen molar-refractivity contribution in [2.75, 3.05) is 7.11 Å². The van der Waals surface area contributed by atoms with Crippen molar-refractivity contribution in [3.05, 3.63) is 48.7 Å². The largest absolute Gasteiger partial charge is 0.481 e. The maximum absolute atomic E-state index is 12.3. The topological polar surface area (TPSA) is 149 Å². The summed E-state index contributed by atoms with van der Waals surface area (Å²) in [6.07, 6.45) is 4.17. The number of methoxy groups -OCH3 is 1. The number of amides is 1. The van der Waals surface area contributed by atoms with Crippen LogP contribution >= 0.6 is 0 Å². The van der Waals surface area contributed by atoms with Gasteiger partial charge in [-0.15, -0.1) is 0 Å². The first-order chi connectivity index (χ1) is 16.4. The van der Waals surface area contributed by atoms with Crippen LogP contribution in [-0.2, 0) is 27.1 Å². The minimum absolute atomic E-state index is 0.246. The number of aliphatic carboxylic acids is 1. The highest BCUT2D eigenvalue weighted by molar-refractivity contribution is 7.83. The molecule has 0 saturated carbocycles. The Kier molecular flexibility index (Phi) is 8.19. The summed E-state index contributed by atoms with van der Waals surface area (Å²) in [6, 6.07) is 6.93. The second kappa shape index (κ2) is 11.3. The summed E-state index contributed by atoms with van der Waals surface area (Å²) >= 11 is 0. The van der Waals surface area contributed by atoms with E-state index < -0.39 is 22.9 Å². The van der Waals surface area contributed by atoms with Crippen LogP contribution in [0.4, 0.5) is 0 Å². The SMILES string of the molecule is CC.COc1ccc2c(ncc3ncn(Cc4ccc(S(=O)NC(=O)CCC(=O)O)cn4)c32)n1. The molecule has 11 nitrogen and oxygen atoms in total. The summed E-state index contributed by atoms with van der Waals surface area (Å²) in [5.74, 6) is -1.23. The van der Waals surface area contributed by atoms with E-state index in [0.29, 0.717) is 34.2 Å². The third kappa shape index (κ3) is 5.70. The molecule has 0 aromatic carbocycles. The Labute approximate surface area is 197 Å². The van der Waals surface area contributed by atoms with Crippen LogP contribution in [0, 0.1) is 0 Å². The minimum atomic E-state index is -1.82. The average Bonchev–Trinajstić information content (AvgIpc) is 3.27. The lowest BCUT2D eigenvalue weighted by molar-refractivity contribution is -0.138. The lowest BCUT2D eigenvalue weighted by Crippen LogP contribution is -2.26. The van der Waals surface area contributed by atoms with E-state index in [1.807, 2.05) is 24.5 Å². The molecule has 4 rings (SSSR count). The number of pyridine rings is 3. The van der Waals surface area contributed by atoms with Gasteiger partial charge < -0.3 is 14.4 Å². The minimum Gasteiger partial charge on any atom is -0.481 e. The van der Waals surface area contributed by atoms with Gasteiger partial charge in [0.1, 0.15) is 5.52 Å². The van der Waals surface area contributed by atoms with Crippen LogP contribution in [0.1, 0.15) is 32.4 Å². The van der Waals surface area contributed by atoms with Crippen molar-refractivity contribution in [3.63, 3.8) is 0 Å². The Morgan fingerprint density at radius 1 is 1.09 bits per heavy atom. The molecule has 2 N–H and O–H groups in total. The van der Waals surface area contributed by atoms with Crippen molar-refractivity contribution in [1.82, 2.24) is 29.2 Å². The molecule has 0 aliphatic carbocycles. The van der Waals surface area contributed by atoms with Gasteiger partial charge in [-0.05, 0) is 18.2 Å². The van der Waals surface area contributed by atoms with Crippen LogP contribution in [0.3, 0.4) is 0 Å². The van der Waals surface area contributed by atoms with Gasteiger partial charge in [0.05, 0.1) is 48.7 Å². The van der Waals surface area contributed by atoms with Crippen LogP contribution in [0.25, 0.3) is 22.1 Å². The maximum Gasteiger partial charge on any atom is 0.303 e. The molecule has 0 saturated heterocycles. The molecule has 4 aromatic rings. The number of imidazole rings is 1. The van der Waals surface area contributed by atoms with Gasteiger partial charge in [-0.25, -0.2) is 14.2 Å². The molecule has 4 heterocycles. The van der Waals surface area contributed by atoms with Crippen molar-refractivity contribution in [2.45, 2.75) is 38.1 Å². The molecule has 0 fully saturated rings. The number of rotatable bonds is 8. The van der Waals surface area contributed by atoms with E-state index in [4.69, 9.17) is 9.84 Å². The first kappa shape index (κ1) is 24.7. The summed E-state index contributed by atoms with van der Waals surface area (Å²) in [5, 5.41) is 9.43. The quantitative estimate of drug-likeness (QED) is 0.384. The summed E-state index contributed by atoms with van der Waals surface area (Å²) in [7, 11) is -0.279. The normalized spacial score (nSPS) is 11.5. The predicted octanol–water partition coefficient (Wildman–Crippen LogP) is 2.46. The van der Waals surface area contributed by atoms with Crippen molar-refractivity contribution in [3.8, 4) is 5.88 Å². The number of carboxylic acid groups (broad SMARTS) is 1. The number of carbonyl (C=O) groups is 2. The van der Waals surface area contributed by atoms with E-state index in [0.717, 1.165) is 10.9 Å². The van der Waals surface area contributed by atoms with E-state index in [9.17, 15) is 13.8 Å². The van der Waals surface area contributed by atoms with Gasteiger partial charge in [0.25, 0.3) is 0 Å². The number of nitrogens with zero attached hydrogens (tertiary/aromatic N) is 5. The van der Waals surface area contributed by atoms with Gasteiger partial charge in [-0.3, -0.25) is 19.3 Å². The van der Waals surface area contributed by atoms with Gasteiger partial charge in [-0.2, -0.15) is 4.98 Å². The number of hydrogen-bond acceptors (Lipinski definition) is 8. The Bertz CT molecular complexity index is 1340. The molecule has 0 radical (unpaired) electrons. The first-order valence-electron chi connectivity index (χ1n) is 10.5. The third-order valence-corrected chi connectivity index (χ3v) is 5.69. The smallest absolute Gasteiger partial charge is 0.303 e. The predicted molar refractivity (Wildman–Crippen MR) is 125 cm³/mol. The molecular formula is C22H24N6O5S. The summed E-state index contributed by atoms with van der Waals surface area (Å²) in [4.78, 5) is 39.9. The monoisotopic (exact) mass is 484 g/mol. The number of carboxylic acids is 1. The van der Waals surface area contributed by atoms with E-state index >= 15 is 0 Å². The Balaban J connectivity index is 0.00000158. The molecule has 0 spiro atoms.